The van der Waals surface area contributed by atoms with Crippen molar-refractivity contribution >= 4 is 29.3 Å². The Bertz CT molecular complexity index is 1200. The number of carbonyl (C=O) groups excluding carboxylic acids is 2. The molecule has 0 unspecified atom stereocenters. The van der Waals surface area contributed by atoms with Gasteiger partial charge in [-0.2, -0.15) is 0 Å². The number of anilines is 1. The van der Waals surface area contributed by atoms with Gasteiger partial charge >= 0.3 is 0 Å². The first kappa shape index (κ1) is 27.7. The Hall–Kier alpha value is -3.33. The third kappa shape index (κ3) is 7.60. The van der Waals surface area contributed by atoms with Crippen LogP contribution in [0.2, 0.25) is 0 Å². The van der Waals surface area contributed by atoms with E-state index in [1.54, 1.807) is 16.8 Å². The largest absolute Gasteiger partial charge is 0.353 e. The van der Waals surface area contributed by atoms with Gasteiger partial charge in [-0.15, -0.1) is 0 Å². The number of fused-ring (bicyclic) bond motifs is 1. The van der Waals surface area contributed by atoms with E-state index < -0.39 is 0 Å². The first-order valence-electron chi connectivity index (χ1n) is 13.1. The highest BCUT2D eigenvalue weighted by Gasteiger charge is 2.27. The summed E-state index contributed by atoms with van der Waals surface area (Å²) in [4.78, 5) is 30.5. The summed E-state index contributed by atoms with van der Waals surface area (Å²) in [5.41, 5.74) is 3.34. The van der Waals surface area contributed by atoms with E-state index in [4.69, 9.17) is 0 Å². The van der Waals surface area contributed by atoms with Gasteiger partial charge in [0.05, 0.1) is 18.8 Å². The van der Waals surface area contributed by atoms with E-state index in [9.17, 15) is 9.59 Å². The van der Waals surface area contributed by atoms with Crippen LogP contribution in [0.5, 0.6) is 0 Å². The van der Waals surface area contributed by atoms with Gasteiger partial charge in [0, 0.05) is 49.1 Å². The van der Waals surface area contributed by atoms with Gasteiger partial charge < -0.3 is 15.5 Å². The van der Waals surface area contributed by atoms with Crippen molar-refractivity contribution in [2.75, 3.05) is 38.1 Å². The number of benzene rings is 3. The van der Waals surface area contributed by atoms with Crippen molar-refractivity contribution in [2.24, 2.45) is 0 Å². The molecule has 1 heterocycles. The van der Waals surface area contributed by atoms with Crippen molar-refractivity contribution in [1.82, 2.24) is 20.7 Å². The number of hydrogen-bond donors (Lipinski definition) is 2. The summed E-state index contributed by atoms with van der Waals surface area (Å²) in [5, 5.41) is 10.0. The predicted octanol–water partition coefficient (Wildman–Crippen LogP) is 4.15. The Labute approximate surface area is 230 Å². The van der Waals surface area contributed by atoms with Crippen LogP contribution in [-0.4, -0.2) is 61.1 Å². The fraction of sp³-hybridized carbons (Fsp3) is 0.333. The molecule has 8 heteroatoms. The lowest BCUT2D eigenvalue weighted by molar-refractivity contribution is -0.145. The highest BCUT2D eigenvalue weighted by Crippen LogP contribution is 2.35. The number of nitrogens with zero attached hydrogens (tertiary/aromatic N) is 3. The van der Waals surface area contributed by atoms with Crippen molar-refractivity contribution < 1.29 is 9.59 Å². The van der Waals surface area contributed by atoms with E-state index in [2.05, 4.69) is 48.7 Å². The third-order valence-electron chi connectivity index (χ3n) is 6.45. The molecule has 4 rings (SSSR count). The maximum absolute atomic E-state index is 13.5. The molecule has 0 bridgehead atoms. The highest BCUT2D eigenvalue weighted by molar-refractivity contribution is 7.99. The third-order valence-corrected chi connectivity index (χ3v) is 7.52. The van der Waals surface area contributed by atoms with Crippen LogP contribution in [0.25, 0.3) is 0 Å². The minimum Gasteiger partial charge on any atom is -0.353 e. The molecule has 200 valence electrons. The number of likely N-dealkylation sites (N-methyl/N-ethyl adjacent to an activating group) is 1. The Morgan fingerprint density at radius 2 is 1.50 bits per heavy atom. The highest BCUT2D eigenvalue weighted by atomic mass is 32.2. The quantitative estimate of drug-likeness (QED) is 0.343. The Balaban J connectivity index is 1.50. The number of hydrazine groups is 1. The van der Waals surface area contributed by atoms with Crippen LogP contribution in [0.3, 0.4) is 0 Å². The van der Waals surface area contributed by atoms with E-state index >= 15 is 0 Å². The molecule has 3 aromatic rings. The molecule has 1 aliphatic heterocycles. The van der Waals surface area contributed by atoms with Gasteiger partial charge in [0.15, 0.2) is 0 Å². The van der Waals surface area contributed by atoms with Gasteiger partial charge in [-0.3, -0.25) is 14.6 Å². The van der Waals surface area contributed by atoms with Crippen LogP contribution in [0.1, 0.15) is 25.0 Å². The summed E-state index contributed by atoms with van der Waals surface area (Å²) in [5.74, 6) is -0.175. The Morgan fingerprint density at radius 3 is 2.18 bits per heavy atom. The number of rotatable bonds is 12. The molecule has 0 aromatic heterocycles. The fourth-order valence-corrected chi connectivity index (χ4v) is 5.38. The number of amides is 2. The molecular formula is C30H37N5O2S. The summed E-state index contributed by atoms with van der Waals surface area (Å²) in [6, 6.07) is 26.7. The molecule has 0 atom stereocenters. The summed E-state index contributed by atoms with van der Waals surface area (Å²) in [6.07, 6.45) is 0. The van der Waals surface area contributed by atoms with Gasteiger partial charge in [-0.25, -0.2) is 5.01 Å². The van der Waals surface area contributed by atoms with E-state index in [0.29, 0.717) is 32.2 Å². The van der Waals surface area contributed by atoms with Crippen molar-refractivity contribution in [1.29, 1.82) is 0 Å². The zero-order valence-corrected chi connectivity index (χ0v) is 23.2. The van der Waals surface area contributed by atoms with Gasteiger partial charge in [0.25, 0.3) is 5.91 Å². The van der Waals surface area contributed by atoms with Crippen molar-refractivity contribution in [3.8, 4) is 0 Å². The Kier molecular flexibility index (Phi) is 9.81. The van der Waals surface area contributed by atoms with Crippen LogP contribution in [0, 0.1) is 0 Å². The van der Waals surface area contributed by atoms with Crippen LogP contribution in [0.4, 0.5) is 5.69 Å². The Morgan fingerprint density at radius 1 is 0.868 bits per heavy atom. The van der Waals surface area contributed by atoms with Gasteiger partial charge in [0.2, 0.25) is 5.91 Å². The van der Waals surface area contributed by atoms with E-state index in [1.807, 2.05) is 71.6 Å². The number of hydrogen-bond acceptors (Lipinski definition) is 6. The maximum atomic E-state index is 13.5. The second-order valence-corrected chi connectivity index (χ2v) is 10.8. The molecule has 0 aliphatic carbocycles. The molecule has 2 amide bonds. The number of carbonyl (C=O) groups is 2. The maximum Gasteiger partial charge on any atom is 0.256 e. The minimum atomic E-state index is -0.112. The van der Waals surface area contributed by atoms with Crippen LogP contribution in [0.15, 0.2) is 88.7 Å². The molecule has 0 saturated heterocycles. The molecule has 0 fully saturated rings. The molecule has 3 aromatic carbocycles. The van der Waals surface area contributed by atoms with Crippen LogP contribution >= 0.6 is 11.8 Å². The van der Waals surface area contributed by atoms with Crippen LogP contribution in [-0.2, 0) is 22.7 Å². The van der Waals surface area contributed by atoms with E-state index in [1.165, 1.54) is 11.1 Å². The molecule has 0 spiro atoms. The smallest absolute Gasteiger partial charge is 0.256 e. The normalized spacial score (nSPS) is 12.8. The zero-order valence-electron chi connectivity index (χ0n) is 22.4. The molecule has 2 N–H and O–H groups in total. The molecule has 0 saturated carbocycles. The van der Waals surface area contributed by atoms with Gasteiger partial charge in [0.1, 0.15) is 0 Å². The number of para-hydroxylation sites is 1. The standard InChI is InChI=1S/C30H37N5O2S/c1-23(2)31-17-18-32-29(36)21-34(27-15-9-10-16-28(27)38-26-13-5-4-6-14-26)22-30(37)33(3)35-19-24-11-7-8-12-25(24)20-35/h4-16,23,31H,17-22H2,1-3H3,(H,32,36). The summed E-state index contributed by atoms with van der Waals surface area (Å²) >= 11 is 1.63. The second kappa shape index (κ2) is 13.5. The lowest BCUT2D eigenvalue weighted by atomic mass is 10.1. The summed E-state index contributed by atoms with van der Waals surface area (Å²) in [6.45, 7) is 6.95. The van der Waals surface area contributed by atoms with E-state index in [-0.39, 0.29) is 24.9 Å². The minimum absolute atomic E-state index is 0.0633. The molecular weight excluding hydrogens is 494 g/mol. The fourth-order valence-electron chi connectivity index (χ4n) is 4.39. The number of nitrogens with one attached hydrogen (secondary N) is 2. The molecule has 7 nitrogen and oxygen atoms in total. The van der Waals surface area contributed by atoms with E-state index in [0.717, 1.165) is 15.5 Å². The topological polar surface area (TPSA) is 67.9 Å². The molecule has 38 heavy (non-hydrogen) atoms. The summed E-state index contributed by atoms with van der Waals surface area (Å²) < 4.78 is 0. The van der Waals surface area contributed by atoms with Crippen molar-refractivity contribution in [3.05, 3.63) is 90.0 Å². The van der Waals surface area contributed by atoms with Crippen LogP contribution < -0.4 is 15.5 Å². The predicted molar refractivity (Wildman–Crippen MR) is 154 cm³/mol. The SMILES string of the molecule is CC(C)NCCNC(=O)CN(CC(=O)N(C)N1Cc2ccccc2C1)c1ccccc1Sc1ccccc1. The monoisotopic (exact) mass is 531 g/mol. The molecule has 0 radical (unpaired) electrons. The lowest BCUT2D eigenvalue weighted by Gasteiger charge is -2.32. The first-order valence-corrected chi connectivity index (χ1v) is 13.9. The zero-order chi connectivity index (χ0) is 26.9. The van der Waals surface area contributed by atoms with Crippen molar-refractivity contribution in [2.45, 2.75) is 42.8 Å². The average molecular weight is 532 g/mol. The first-order chi connectivity index (χ1) is 18.4. The average Bonchev–Trinajstić information content (AvgIpc) is 3.35. The van der Waals surface area contributed by atoms with Gasteiger partial charge in [-0.05, 0) is 35.4 Å². The van der Waals surface area contributed by atoms with Gasteiger partial charge in [-0.1, -0.05) is 80.2 Å². The molecule has 1 aliphatic rings. The second-order valence-electron chi connectivity index (χ2n) is 9.71. The van der Waals surface area contributed by atoms with Crippen molar-refractivity contribution in [3.63, 3.8) is 0 Å². The summed E-state index contributed by atoms with van der Waals surface area (Å²) in [7, 11) is 1.81. The lowest BCUT2D eigenvalue weighted by Crippen LogP contribution is -2.48.